The summed E-state index contributed by atoms with van der Waals surface area (Å²) in [4.78, 5) is 12.3. The lowest BCUT2D eigenvalue weighted by Crippen LogP contribution is -2.00. The smallest absolute Gasteiger partial charge is 0.186 e. The Labute approximate surface area is 130 Å². The summed E-state index contributed by atoms with van der Waals surface area (Å²) in [6, 6.07) is 8.96. The van der Waals surface area contributed by atoms with Crippen molar-refractivity contribution in [2.45, 2.75) is 20.8 Å². The number of carbonyl (C=O) groups excluding carboxylic acids is 1. The van der Waals surface area contributed by atoms with E-state index in [1.54, 1.807) is 24.3 Å². The number of methoxy groups -OCH3 is 1. The minimum absolute atomic E-state index is 0.0455. The molecule has 0 aromatic heterocycles. The zero-order valence-corrected chi connectivity index (χ0v) is 13.3. The van der Waals surface area contributed by atoms with Crippen molar-refractivity contribution in [1.29, 1.82) is 0 Å². The van der Waals surface area contributed by atoms with Crippen molar-refractivity contribution < 1.29 is 14.6 Å². The Hall–Kier alpha value is -2.55. The maximum Gasteiger partial charge on any atom is 0.186 e. The van der Waals surface area contributed by atoms with Crippen molar-refractivity contribution in [1.82, 2.24) is 0 Å². The standard InChI is InChI=1S/C19H20O3/c1-12-9-14(3)16(10-13(12)2)17(20)7-5-15-6-8-19(22-4)18(21)11-15/h5-11,21H,1-4H3. The first-order valence-corrected chi connectivity index (χ1v) is 7.09. The van der Waals surface area contributed by atoms with Gasteiger partial charge >= 0.3 is 0 Å². The SMILES string of the molecule is COc1ccc(C=CC(=O)c2cc(C)c(C)cc2C)cc1O. The van der Waals surface area contributed by atoms with Crippen molar-refractivity contribution >= 4 is 11.9 Å². The molecule has 3 heteroatoms. The van der Waals surface area contributed by atoms with Gasteiger partial charge in [-0.1, -0.05) is 18.2 Å². The van der Waals surface area contributed by atoms with Gasteiger partial charge in [-0.05, 0) is 67.3 Å². The molecular formula is C19H20O3. The van der Waals surface area contributed by atoms with Crippen LogP contribution in [0.3, 0.4) is 0 Å². The summed E-state index contributed by atoms with van der Waals surface area (Å²) in [5.74, 6) is 0.420. The van der Waals surface area contributed by atoms with E-state index in [0.717, 1.165) is 16.7 Å². The van der Waals surface area contributed by atoms with Crippen molar-refractivity contribution in [3.63, 3.8) is 0 Å². The van der Waals surface area contributed by atoms with Crippen LogP contribution in [0.5, 0.6) is 11.5 Å². The Kier molecular flexibility index (Phi) is 4.66. The van der Waals surface area contributed by atoms with Gasteiger partial charge in [0.05, 0.1) is 7.11 Å². The van der Waals surface area contributed by atoms with Crippen LogP contribution in [0.2, 0.25) is 0 Å². The molecular weight excluding hydrogens is 276 g/mol. The van der Waals surface area contributed by atoms with Crippen LogP contribution in [-0.4, -0.2) is 18.0 Å². The van der Waals surface area contributed by atoms with Gasteiger partial charge in [0.15, 0.2) is 17.3 Å². The molecule has 3 nitrogen and oxygen atoms in total. The summed E-state index contributed by atoms with van der Waals surface area (Å²) in [7, 11) is 1.50. The third kappa shape index (κ3) is 3.37. The van der Waals surface area contributed by atoms with Crippen molar-refractivity contribution in [2.24, 2.45) is 0 Å². The fraction of sp³-hybridized carbons (Fsp3) is 0.211. The van der Waals surface area contributed by atoms with Crippen LogP contribution in [0, 0.1) is 20.8 Å². The molecule has 0 fully saturated rings. The maximum absolute atomic E-state index is 12.3. The van der Waals surface area contributed by atoms with Crippen LogP contribution < -0.4 is 4.74 Å². The third-order valence-electron chi connectivity index (χ3n) is 3.74. The largest absolute Gasteiger partial charge is 0.504 e. The van der Waals surface area contributed by atoms with Crippen molar-refractivity contribution in [3.8, 4) is 11.5 Å². The summed E-state index contributed by atoms with van der Waals surface area (Å²) in [6.45, 7) is 5.97. The number of allylic oxidation sites excluding steroid dienone is 1. The van der Waals surface area contributed by atoms with Crippen molar-refractivity contribution in [2.75, 3.05) is 7.11 Å². The highest BCUT2D eigenvalue weighted by Gasteiger charge is 2.08. The summed E-state index contributed by atoms with van der Waals surface area (Å²) in [6.07, 6.45) is 3.22. The number of ether oxygens (including phenoxy) is 1. The van der Waals surface area contributed by atoms with E-state index in [-0.39, 0.29) is 11.5 Å². The molecule has 114 valence electrons. The average molecular weight is 296 g/mol. The number of ketones is 1. The second kappa shape index (κ2) is 6.48. The number of carbonyl (C=O) groups is 1. The van der Waals surface area contributed by atoms with E-state index in [1.165, 1.54) is 18.7 Å². The first-order chi connectivity index (χ1) is 10.4. The number of rotatable bonds is 4. The molecule has 2 aromatic carbocycles. The number of phenols is 1. The van der Waals surface area contributed by atoms with Gasteiger partial charge in [0, 0.05) is 5.56 Å². The van der Waals surface area contributed by atoms with Gasteiger partial charge in [-0.2, -0.15) is 0 Å². The molecule has 0 heterocycles. The molecule has 0 aliphatic rings. The minimum Gasteiger partial charge on any atom is -0.504 e. The monoisotopic (exact) mass is 296 g/mol. The van der Waals surface area contributed by atoms with E-state index in [9.17, 15) is 9.90 Å². The van der Waals surface area contributed by atoms with Crippen LogP contribution in [0.1, 0.15) is 32.6 Å². The molecule has 22 heavy (non-hydrogen) atoms. The average Bonchev–Trinajstić information content (AvgIpc) is 2.48. The second-order valence-electron chi connectivity index (χ2n) is 5.38. The number of aromatic hydroxyl groups is 1. The van der Waals surface area contributed by atoms with Crippen LogP contribution in [0.15, 0.2) is 36.4 Å². The van der Waals surface area contributed by atoms with Crippen LogP contribution in [0.4, 0.5) is 0 Å². The molecule has 1 N–H and O–H groups in total. The molecule has 0 aliphatic heterocycles. The summed E-state index contributed by atoms with van der Waals surface area (Å²) in [5.41, 5.74) is 4.70. The maximum atomic E-state index is 12.3. The Morgan fingerprint density at radius 2 is 1.73 bits per heavy atom. The lowest BCUT2D eigenvalue weighted by Gasteiger charge is -2.07. The number of hydrogen-bond acceptors (Lipinski definition) is 3. The first-order valence-electron chi connectivity index (χ1n) is 7.09. The summed E-state index contributed by atoms with van der Waals surface area (Å²) in [5, 5.41) is 9.74. The van der Waals surface area contributed by atoms with Gasteiger partial charge in [-0.25, -0.2) is 0 Å². The fourth-order valence-electron chi connectivity index (χ4n) is 2.30. The molecule has 0 aliphatic carbocycles. The number of hydrogen-bond donors (Lipinski definition) is 1. The summed E-state index contributed by atoms with van der Waals surface area (Å²) >= 11 is 0. The Bertz CT molecular complexity index is 743. The highest BCUT2D eigenvalue weighted by Crippen LogP contribution is 2.26. The molecule has 0 saturated carbocycles. The van der Waals surface area contributed by atoms with Crippen LogP contribution >= 0.6 is 0 Å². The molecule has 0 unspecified atom stereocenters. The number of benzene rings is 2. The van der Waals surface area contributed by atoms with E-state index in [1.807, 2.05) is 32.9 Å². The van der Waals surface area contributed by atoms with Gasteiger partial charge in [0.2, 0.25) is 0 Å². The second-order valence-corrected chi connectivity index (χ2v) is 5.38. The molecule has 0 bridgehead atoms. The van der Waals surface area contributed by atoms with Gasteiger partial charge in [-0.3, -0.25) is 4.79 Å². The first kappa shape index (κ1) is 15.8. The minimum atomic E-state index is -0.0455. The predicted octanol–water partition coefficient (Wildman–Crippen LogP) is 4.22. The molecule has 0 atom stereocenters. The topological polar surface area (TPSA) is 46.5 Å². The highest BCUT2D eigenvalue weighted by atomic mass is 16.5. The van der Waals surface area contributed by atoms with Gasteiger partial charge in [-0.15, -0.1) is 0 Å². The van der Waals surface area contributed by atoms with E-state index < -0.39 is 0 Å². The van der Waals surface area contributed by atoms with Crippen LogP contribution in [-0.2, 0) is 0 Å². The highest BCUT2D eigenvalue weighted by molar-refractivity contribution is 6.08. The van der Waals surface area contributed by atoms with E-state index >= 15 is 0 Å². The Morgan fingerprint density at radius 3 is 2.36 bits per heavy atom. The molecule has 0 radical (unpaired) electrons. The van der Waals surface area contributed by atoms with Crippen molar-refractivity contribution in [3.05, 3.63) is 64.2 Å². The van der Waals surface area contributed by atoms with E-state index in [2.05, 4.69) is 0 Å². The quantitative estimate of drug-likeness (QED) is 0.678. The molecule has 2 rings (SSSR count). The fourth-order valence-corrected chi connectivity index (χ4v) is 2.30. The van der Waals surface area contributed by atoms with Crippen LogP contribution in [0.25, 0.3) is 6.08 Å². The molecule has 0 amide bonds. The zero-order chi connectivity index (χ0) is 16.3. The van der Waals surface area contributed by atoms with Gasteiger partial charge in [0.1, 0.15) is 0 Å². The summed E-state index contributed by atoms with van der Waals surface area (Å²) < 4.78 is 4.99. The third-order valence-corrected chi connectivity index (χ3v) is 3.74. The molecule has 0 saturated heterocycles. The predicted molar refractivity (Wildman–Crippen MR) is 88.7 cm³/mol. The lowest BCUT2D eigenvalue weighted by molar-refractivity contribution is 0.104. The van der Waals surface area contributed by atoms with E-state index in [0.29, 0.717) is 11.3 Å². The van der Waals surface area contributed by atoms with Gasteiger partial charge in [0.25, 0.3) is 0 Å². The number of phenolic OH excluding ortho intramolecular Hbond substituents is 1. The number of aryl methyl sites for hydroxylation is 3. The molecule has 0 spiro atoms. The normalized spacial score (nSPS) is 10.9. The van der Waals surface area contributed by atoms with Gasteiger partial charge < -0.3 is 9.84 Å². The molecule has 2 aromatic rings. The zero-order valence-electron chi connectivity index (χ0n) is 13.3. The van der Waals surface area contributed by atoms with E-state index in [4.69, 9.17) is 4.74 Å². The lowest BCUT2D eigenvalue weighted by atomic mass is 9.97. The Morgan fingerprint density at radius 1 is 1.05 bits per heavy atom. The Balaban J connectivity index is 2.25.